The number of carbonyl (C=O) groups excluding carboxylic acids is 1. The van der Waals surface area contributed by atoms with E-state index in [1.165, 1.54) is 12.1 Å². The number of primary amides is 1. The lowest BCUT2D eigenvalue weighted by molar-refractivity contribution is 0.0995. The molecule has 0 aliphatic heterocycles. The van der Waals surface area contributed by atoms with E-state index < -0.39 is 11.7 Å². The fourth-order valence-electron chi connectivity index (χ4n) is 2.76. The molecule has 0 atom stereocenters. The molecule has 0 saturated carbocycles. The highest BCUT2D eigenvalue weighted by molar-refractivity contribution is 6.30. The molecular formula is C22H24ClFN4O3. The van der Waals surface area contributed by atoms with Crippen molar-refractivity contribution in [1.82, 2.24) is 9.97 Å². The maximum atomic E-state index is 13.9. The van der Waals surface area contributed by atoms with Gasteiger partial charge in [-0.3, -0.25) is 4.79 Å². The normalized spacial score (nSPS) is 10.1. The highest BCUT2D eigenvalue weighted by Crippen LogP contribution is 2.28. The molecule has 164 valence electrons. The first-order chi connectivity index (χ1) is 14.9. The van der Waals surface area contributed by atoms with Gasteiger partial charge in [-0.15, -0.1) is 0 Å². The van der Waals surface area contributed by atoms with Crippen LogP contribution in [0.5, 0.6) is 11.5 Å². The number of hydrogen-bond donors (Lipinski definition) is 2. The Labute approximate surface area is 185 Å². The maximum absolute atomic E-state index is 13.9. The molecule has 7 nitrogen and oxygen atoms in total. The SMILES string of the molecule is CCN(CC)c1cc(C(N)=O)nc(-c2ccc(Oc3ccc(Cl)cc3F)cc2)n1.CO. The number of aliphatic hydroxyl groups excluding tert-OH is 1. The van der Waals surface area contributed by atoms with Crippen LogP contribution in [-0.4, -0.2) is 41.2 Å². The Morgan fingerprint density at radius 1 is 1.10 bits per heavy atom. The largest absolute Gasteiger partial charge is 0.454 e. The summed E-state index contributed by atoms with van der Waals surface area (Å²) in [4.78, 5) is 22.5. The summed E-state index contributed by atoms with van der Waals surface area (Å²) >= 11 is 5.75. The molecule has 0 aliphatic carbocycles. The van der Waals surface area contributed by atoms with E-state index in [1.54, 1.807) is 36.4 Å². The number of nitrogens with zero attached hydrogens (tertiary/aromatic N) is 3. The number of halogens is 2. The van der Waals surface area contributed by atoms with Gasteiger partial charge in [0.25, 0.3) is 5.91 Å². The first kappa shape index (κ1) is 24.0. The van der Waals surface area contributed by atoms with Gasteiger partial charge in [0.2, 0.25) is 0 Å². The Morgan fingerprint density at radius 2 is 1.74 bits per heavy atom. The Balaban J connectivity index is 0.00000166. The van der Waals surface area contributed by atoms with Crippen LogP contribution in [0, 0.1) is 5.82 Å². The lowest BCUT2D eigenvalue weighted by atomic mass is 10.2. The molecule has 1 heterocycles. The molecule has 0 radical (unpaired) electrons. The van der Waals surface area contributed by atoms with Crippen molar-refractivity contribution >= 4 is 23.3 Å². The summed E-state index contributed by atoms with van der Waals surface area (Å²) in [7, 11) is 1.00. The number of ether oxygens (including phenoxy) is 1. The minimum absolute atomic E-state index is 0.0675. The van der Waals surface area contributed by atoms with Gasteiger partial charge >= 0.3 is 0 Å². The van der Waals surface area contributed by atoms with Crippen molar-refractivity contribution in [2.24, 2.45) is 5.73 Å². The molecule has 0 aliphatic rings. The highest BCUT2D eigenvalue weighted by atomic mass is 35.5. The summed E-state index contributed by atoms with van der Waals surface area (Å²) in [5.41, 5.74) is 6.25. The van der Waals surface area contributed by atoms with Crippen LogP contribution in [-0.2, 0) is 0 Å². The summed E-state index contributed by atoms with van der Waals surface area (Å²) < 4.78 is 19.5. The van der Waals surface area contributed by atoms with Crippen molar-refractivity contribution in [3.8, 4) is 22.9 Å². The van der Waals surface area contributed by atoms with Gasteiger partial charge in [-0.1, -0.05) is 11.6 Å². The second kappa shape index (κ2) is 11.2. The topological polar surface area (TPSA) is 102 Å². The first-order valence-corrected chi connectivity index (χ1v) is 9.91. The molecule has 0 spiro atoms. The zero-order chi connectivity index (χ0) is 23.0. The third kappa shape index (κ3) is 6.13. The van der Waals surface area contributed by atoms with Crippen molar-refractivity contribution in [1.29, 1.82) is 0 Å². The standard InChI is InChI=1S/C21H20ClFN4O2.CH4O/c1-3-27(4-2)19-12-17(20(24)28)25-21(26-19)13-5-8-15(9-6-13)29-18-10-7-14(22)11-16(18)23;1-2/h5-12H,3-4H2,1-2H3,(H2,24,28);2H,1H3. The molecule has 1 amide bonds. The highest BCUT2D eigenvalue weighted by Gasteiger charge is 2.14. The number of amides is 1. The second-order valence-electron chi connectivity index (χ2n) is 6.17. The molecular weight excluding hydrogens is 423 g/mol. The summed E-state index contributed by atoms with van der Waals surface area (Å²) in [5.74, 6) is 0.316. The van der Waals surface area contributed by atoms with Crippen molar-refractivity contribution < 1.29 is 19.0 Å². The second-order valence-corrected chi connectivity index (χ2v) is 6.61. The molecule has 2 aromatic carbocycles. The molecule has 0 fully saturated rings. The van der Waals surface area contributed by atoms with E-state index in [1.807, 2.05) is 18.7 Å². The first-order valence-electron chi connectivity index (χ1n) is 9.53. The zero-order valence-electron chi connectivity index (χ0n) is 17.5. The summed E-state index contributed by atoms with van der Waals surface area (Å²) in [6.07, 6.45) is 0. The Morgan fingerprint density at radius 3 is 2.29 bits per heavy atom. The van der Waals surface area contributed by atoms with Gasteiger partial charge in [-0.05, 0) is 56.3 Å². The maximum Gasteiger partial charge on any atom is 0.267 e. The monoisotopic (exact) mass is 446 g/mol. The van der Waals surface area contributed by atoms with Gasteiger partial charge in [0.05, 0.1) is 0 Å². The minimum atomic E-state index is -0.625. The predicted octanol–water partition coefficient (Wildman–Crippen LogP) is 4.28. The van der Waals surface area contributed by atoms with Gasteiger partial charge < -0.3 is 20.5 Å². The number of aliphatic hydroxyl groups is 1. The van der Waals surface area contributed by atoms with Crippen LogP contribution in [0.3, 0.4) is 0 Å². The molecule has 1 aromatic heterocycles. The average molecular weight is 447 g/mol. The van der Waals surface area contributed by atoms with Gasteiger partial charge in [0, 0.05) is 36.9 Å². The number of rotatable bonds is 7. The van der Waals surface area contributed by atoms with E-state index in [9.17, 15) is 9.18 Å². The third-order valence-corrected chi connectivity index (χ3v) is 4.52. The number of carbonyl (C=O) groups is 1. The van der Waals surface area contributed by atoms with Crippen molar-refractivity contribution in [3.63, 3.8) is 0 Å². The van der Waals surface area contributed by atoms with Gasteiger partial charge in [-0.2, -0.15) is 0 Å². The molecule has 3 N–H and O–H groups in total. The van der Waals surface area contributed by atoms with Crippen molar-refractivity contribution in [2.75, 3.05) is 25.1 Å². The molecule has 31 heavy (non-hydrogen) atoms. The van der Waals surface area contributed by atoms with Crippen LogP contribution in [0.4, 0.5) is 10.2 Å². The van der Waals surface area contributed by atoms with E-state index in [0.29, 0.717) is 28.0 Å². The van der Waals surface area contributed by atoms with E-state index in [4.69, 9.17) is 27.2 Å². The molecule has 3 rings (SSSR count). The quantitative estimate of drug-likeness (QED) is 0.561. The third-order valence-electron chi connectivity index (χ3n) is 4.29. The number of benzene rings is 2. The fraction of sp³-hybridized carbons (Fsp3) is 0.227. The Kier molecular flexibility index (Phi) is 8.72. The van der Waals surface area contributed by atoms with Crippen LogP contribution in [0.1, 0.15) is 24.3 Å². The fourth-order valence-corrected chi connectivity index (χ4v) is 2.92. The van der Waals surface area contributed by atoms with Crippen LogP contribution in [0.25, 0.3) is 11.4 Å². The van der Waals surface area contributed by atoms with E-state index in [2.05, 4.69) is 9.97 Å². The van der Waals surface area contributed by atoms with Crippen LogP contribution >= 0.6 is 11.6 Å². The lowest BCUT2D eigenvalue weighted by Crippen LogP contribution is -2.24. The number of anilines is 1. The lowest BCUT2D eigenvalue weighted by Gasteiger charge is -2.20. The number of aromatic nitrogens is 2. The molecule has 0 bridgehead atoms. The summed E-state index contributed by atoms with van der Waals surface area (Å²) in [6.45, 7) is 5.45. The molecule has 9 heteroatoms. The van der Waals surface area contributed by atoms with Gasteiger partial charge in [0.15, 0.2) is 17.4 Å². The van der Waals surface area contributed by atoms with Crippen LogP contribution in [0.15, 0.2) is 48.5 Å². The summed E-state index contributed by atoms with van der Waals surface area (Å²) in [6, 6.07) is 12.6. The zero-order valence-corrected chi connectivity index (χ0v) is 18.2. The predicted molar refractivity (Wildman–Crippen MR) is 119 cm³/mol. The Hall–Kier alpha value is -3.23. The van der Waals surface area contributed by atoms with E-state index in [-0.39, 0.29) is 11.4 Å². The average Bonchev–Trinajstić information content (AvgIpc) is 2.78. The van der Waals surface area contributed by atoms with E-state index in [0.717, 1.165) is 20.2 Å². The van der Waals surface area contributed by atoms with Gasteiger partial charge in [-0.25, -0.2) is 14.4 Å². The molecule has 3 aromatic rings. The van der Waals surface area contributed by atoms with E-state index >= 15 is 0 Å². The minimum Gasteiger partial charge on any atom is -0.454 e. The van der Waals surface area contributed by atoms with Gasteiger partial charge in [0.1, 0.15) is 17.3 Å². The van der Waals surface area contributed by atoms with Crippen molar-refractivity contribution in [2.45, 2.75) is 13.8 Å². The summed E-state index contributed by atoms with van der Waals surface area (Å²) in [5, 5.41) is 7.29. The van der Waals surface area contributed by atoms with Crippen LogP contribution < -0.4 is 15.4 Å². The van der Waals surface area contributed by atoms with Crippen molar-refractivity contribution in [3.05, 3.63) is 65.1 Å². The number of nitrogens with two attached hydrogens (primary N) is 1. The smallest absolute Gasteiger partial charge is 0.267 e. The molecule has 0 saturated heterocycles. The number of hydrogen-bond acceptors (Lipinski definition) is 6. The molecule has 0 unspecified atom stereocenters. The van der Waals surface area contributed by atoms with Crippen LogP contribution in [0.2, 0.25) is 5.02 Å². The Bertz CT molecular complexity index is 1030.